The maximum absolute atomic E-state index is 13.1. The Labute approximate surface area is 98.6 Å². The van der Waals surface area contributed by atoms with Crippen LogP contribution in [0.1, 0.15) is 6.92 Å². The number of nitrogens with one attached hydrogen (secondary N) is 1. The molecule has 0 bridgehead atoms. The standard InChI is InChI=1S/C11H16F2N2S/c1-7(6-16-2)5-15-10-4-8(12)3-9(13)11(10)14/h3-4,7,15H,5-6,14H2,1-2H3. The number of nitrogen functional groups attached to an aromatic ring is 1. The molecule has 1 aromatic rings. The highest BCUT2D eigenvalue weighted by molar-refractivity contribution is 7.98. The summed E-state index contributed by atoms with van der Waals surface area (Å²) in [7, 11) is 0. The van der Waals surface area contributed by atoms with E-state index in [4.69, 9.17) is 5.73 Å². The zero-order valence-corrected chi connectivity index (χ0v) is 10.2. The van der Waals surface area contributed by atoms with Crippen LogP contribution in [0.5, 0.6) is 0 Å². The first-order chi connectivity index (χ1) is 7.54. The lowest BCUT2D eigenvalue weighted by atomic mass is 10.2. The molecule has 0 saturated carbocycles. The molecule has 0 aromatic heterocycles. The fourth-order valence-electron chi connectivity index (χ4n) is 1.36. The van der Waals surface area contributed by atoms with Gasteiger partial charge < -0.3 is 11.1 Å². The molecule has 1 unspecified atom stereocenters. The molecule has 1 rings (SSSR count). The molecule has 0 radical (unpaired) electrons. The first kappa shape index (κ1) is 13.1. The molecule has 0 aliphatic heterocycles. The summed E-state index contributed by atoms with van der Waals surface area (Å²) in [6, 6.07) is 2.00. The summed E-state index contributed by atoms with van der Waals surface area (Å²) in [5, 5.41) is 2.96. The Morgan fingerprint density at radius 3 is 2.75 bits per heavy atom. The lowest BCUT2D eigenvalue weighted by Gasteiger charge is -2.14. The third kappa shape index (κ3) is 3.56. The molecule has 16 heavy (non-hydrogen) atoms. The Balaban J connectivity index is 2.66. The Morgan fingerprint density at radius 1 is 1.44 bits per heavy atom. The Kier molecular flexibility index (Phi) is 4.86. The van der Waals surface area contributed by atoms with Crippen molar-refractivity contribution in [1.29, 1.82) is 0 Å². The quantitative estimate of drug-likeness (QED) is 0.784. The number of halogens is 2. The van der Waals surface area contributed by atoms with Crippen molar-refractivity contribution < 1.29 is 8.78 Å². The van der Waals surface area contributed by atoms with Gasteiger partial charge in [-0.25, -0.2) is 8.78 Å². The summed E-state index contributed by atoms with van der Waals surface area (Å²) in [6.45, 7) is 2.71. The molecule has 5 heteroatoms. The molecular weight excluding hydrogens is 230 g/mol. The van der Waals surface area contributed by atoms with Gasteiger partial charge in [-0.15, -0.1) is 0 Å². The van der Waals surface area contributed by atoms with E-state index < -0.39 is 11.6 Å². The van der Waals surface area contributed by atoms with Crippen LogP contribution < -0.4 is 11.1 Å². The van der Waals surface area contributed by atoms with Crippen molar-refractivity contribution in [3.8, 4) is 0 Å². The SMILES string of the molecule is CSCC(C)CNc1cc(F)cc(F)c1N. The molecule has 3 N–H and O–H groups in total. The van der Waals surface area contributed by atoms with Crippen molar-refractivity contribution in [2.24, 2.45) is 5.92 Å². The van der Waals surface area contributed by atoms with Crippen LogP contribution >= 0.6 is 11.8 Å². The zero-order valence-electron chi connectivity index (χ0n) is 9.39. The highest BCUT2D eigenvalue weighted by Gasteiger charge is 2.09. The molecule has 0 spiro atoms. The van der Waals surface area contributed by atoms with Crippen LogP contribution in [0.3, 0.4) is 0 Å². The van der Waals surface area contributed by atoms with Gasteiger partial charge >= 0.3 is 0 Å². The van der Waals surface area contributed by atoms with Crippen molar-refractivity contribution in [2.75, 3.05) is 29.6 Å². The number of hydrogen-bond donors (Lipinski definition) is 2. The summed E-state index contributed by atoms with van der Waals surface area (Å²) < 4.78 is 26.0. The summed E-state index contributed by atoms with van der Waals surface area (Å²) in [5.41, 5.74) is 5.80. The van der Waals surface area contributed by atoms with Crippen molar-refractivity contribution in [1.82, 2.24) is 0 Å². The minimum absolute atomic E-state index is 0.0299. The molecule has 1 atom stereocenters. The predicted octanol–water partition coefficient (Wildman–Crippen LogP) is 2.96. The van der Waals surface area contributed by atoms with E-state index in [1.54, 1.807) is 11.8 Å². The molecule has 2 nitrogen and oxygen atoms in total. The van der Waals surface area contributed by atoms with Gasteiger partial charge in [-0.2, -0.15) is 11.8 Å². The summed E-state index contributed by atoms with van der Waals surface area (Å²) >= 11 is 1.74. The molecule has 90 valence electrons. The van der Waals surface area contributed by atoms with Gasteiger partial charge in [0.05, 0.1) is 11.4 Å². The first-order valence-electron chi connectivity index (χ1n) is 5.02. The van der Waals surface area contributed by atoms with E-state index in [-0.39, 0.29) is 5.69 Å². The smallest absolute Gasteiger partial charge is 0.151 e. The highest BCUT2D eigenvalue weighted by Crippen LogP contribution is 2.23. The van der Waals surface area contributed by atoms with Crippen molar-refractivity contribution in [3.63, 3.8) is 0 Å². The minimum atomic E-state index is -0.722. The van der Waals surface area contributed by atoms with Gasteiger partial charge in [0.1, 0.15) is 5.82 Å². The van der Waals surface area contributed by atoms with Gasteiger partial charge in [0.25, 0.3) is 0 Å². The molecule has 0 heterocycles. The average Bonchev–Trinajstić information content (AvgIpc) is 2.21. The molecule has 0 aliphatic carbocycles. The van der Waals surface area contributed by atoms with E-state index in [0.717, 1.165) is 11.8 Å². The molecule has 0 aliphatic rings. The molecule has 1 aromatic carbocycles. The lowest BCUT2D eigenvalue weighted by molar-refractivity contribution is 0.586. The van der Waals surface area contributed by atoms with E-state index in [0.29, 0.717) is 18.2 Å². The largest absolute Gasteiger partial charge is 0.395 e. The van der Waals surface area contributed by atoms with Gasteiger partial charge in [0, 0.05) is 12.6 Å². The average molecular weight is 246 g/mol. The molecular formula is C11H16F2N2S. The number of nitrogens with two attached hydrogens (primary N) is 1. The van der Waals surface area contributed by atoms with E-state index in [2.05, 4.69) is 12.2 Å². The fraction of sp³-hybridized carbons (Fsp3) is 0.455. The van der Waals surface area contributed by atoms with E-state index in [9.17, 15) is 8.78 Å². The summed E-state index contributed by atoms with van der Waals surface area (Å²) in [6.07, 6.45) is 2.02. The number of anilines is 2. The number of rotatable bonds is 5. The predicted molar refractivity (Wildman–Crippen MR) is 66.8 cm³/mol. The van der Waals surface area contributed by atoms with Crippen LogP contribution in [-0.2, 0) is 0 Å². The van der Waals surface area contributed by atoms with Gasteiger partial charge in [0.15, 0.2) is 5.82 Å². The van der Waals surface area contributed by atoms with Gasteiger partial charge in [-0.3, -0.25) is 0 Å². The Hall–Kier alpha value is -0.970. The van der Waals surface area contributed by atoms with Crippen LogP contribution in [0.25, 0.3) is 0 Å². The molecule has 0 fully saturated rings. The molecule has 0 amide bonds. The third-order valence-electron chi connectivity index (χ3n) is 2.19. The number of benzene rings is 1. The summed E-state index contributed by atoms with van der Waals surface area (Å²) in [4.78, 5) is 0. The van der Waals surface area contributed by atoms with Crippen LogP contribution in [0, 0.1) is 17.6 Å². The van der Waals surface area contributed by atoms with Crippen LogP contribution in [0.4, 0.5) is 20.2 Å². The zero-order chi connectivity index (χ0) is 12.1. The van der Waals surface area contributed by atoms with Gasteiger partial charge in [0.2, 0.25) is 0 Å². The lowest BCUT2D eigenvalue weighted by Crippen LogP contribution is -2.14. The van der Waals surface area contributed by atoms with E-state index in [1.807, 2.05) is 6.26 Å². The van der Waals surface area contributed by atoms with E-state index in [1.165, 1.54) is 6.07 Å². The topological polar surface area (TPSA) is 38.0 Å². The number of hydrogen-bond acceptors (Lipinski definition) is 3. The maximum Gasteiger partial charge on any atom is 0.151 e. The fourth-order valence-corrected chi connectivity index (χ4v) is 2.05. The summed E-state index contributed by atoms with van der Waals surface area (Å²) in [5.74, 6) is 0.0671. The van der Waals surface area contributed by atoms with Crippen molar-refractivity contribution in [2.45, 2.75) is 6.92 Å². The van der Waals surface area contributed by atoms with Crippen LogP contribution in [0.15, 0.2) is 12.1 Å². The Morgan fingerprint density at radius 2 is 2.12 bits per heavy atom. The maximum atomic E-state index is 13.1. The Bertz CT molecular complexity index is 358. The van der Waals surface area contributed by atoms with Crippen molar-refractivity contribution in [3.05, 3.63) is 23.8 Å². The van der Waals surface area contributed by atoms with Crippen molar-refractivity contribution >= 4 is 23.1 Å². The molecule has 0 saturated heterocycles. The van der Waals surface area contributed by atoms with Gasteiger partial charge in [-0.05, 0) is 24.0 Å². The highest BCUT2D eigenvalue weighted by atomic mass is 32.2. The second kappa shape index (κ2) is 5.94. The second-order valence-corrected chi connectivity index (χ2v) is 4.70. The third-order valence-corrected chi connectivity index (χ3v) is 3.09. The monoisotopic (exact) mass is 246 g/mol. The van der Waals surface area contributed by atoms with Crippen LogP contribution in [0.2, 0.25) is 0 Å². The van der Waals surface area contributed by atoms with E-state index >= 15 is 0 Å². The van der Waals surface area contributed by atoms with Crippen LogP contribution in [-0.4, -0.2) is 18.6 Å². The van der Waals surface area contributed by atoms with Gasteiger partial charge in [-0.1, -0.05) is 6.92 Å². The second-order valence-electron chi connectivity index (χ2n) is 3.79. The number of thioether (sulfide) groups is 1. The first-order valence-corrected chi connectivity index (χ1v) is 6.41. The minimum Gasteiger partial charge on any atom is -0.395 e. The normalized spacial score (nSPS) is 12.5.